The fraction of sp³-hybridized carbons (Fsp3) is 0.647. The summed E-state index contributed by atoms with van der Waals surface area (Å²) in [5.74, 6) is 0. The van der Waals surface area contributed by atoms with Crippen LogP contribution in [0.25, 0.3) is 0 Å². The van der Waals surface area contributed by atoms with Gasteiger partial charge in [-0.1, -0.05) is 27.7 Å². The van der Waals surface area contributed by atoms with Crippen LogP contribution in [-0.2, 0) is 4.18 Å². The van der Waals surface area contributed by atoms with Crippen LogP contribution < -0.4 is 0 Å². The van der Waals surface area contributed by atoms with Crippen LogP contribution in [0.15, 0.2) is 29.2 Å². The van der Waals surface area contributed by atoms with Gasteiger partial charge in [0.2, 0.25) is 0 Å². The van der Waals surface area contributed by atoms with E-state index in [2.05, 4.69) is 34.6 Å². The maximum Gasteiger partial charge on any atom is 0.269 e. The van der Waals surface area contributed by atoms with E-state index >= 15 is 0 Å². The Hall–Kier alpha value is -1.07. The summed E-state index contributed by atoms with van der Waals surface area (Å²) in [6, 6.07) is 6.52. The second-order valence-corrected chi connectivity index (χ2v) is 9.03. The molecule has 0 aromatic heterocycles. The molecule has 1 aliphatic rings. The van der Waals surface area contributed by atoms with E-state index in [1.54, 1.807) is 12.1 Å². The molecule has 22 heavy (non-hydrogen) atoms. The molecule has 0 radical (unpaired) electrons. The van der Waals surface area contributed by atoms with Crippen molar-refractivity contribution in [3.8, 4) is 0 Å². The molecule has 1 aliphatic carbocycles. The summed E-state index contributed by atoms with van der Waals surface area (Å²) < 4.78 is 6.17. The van der Waals surface area contributed by atoms with Crippen molar-refractivity contribution < 1.29 is 9.11 Å². The first-order valence-electron chi connectivity index (χ1n) is 7.61. The number of nitro groups is 1. The van der Waals surface area contributed by atoms with Crippen LogP contribution in [0.2, 0.25) is 0 Å². The molecule has 0 atom stereocenters. The van der Waals surface area contributed by atoms with E-state index in [9.17, 15) is 10.1 Å². The third kappa shape index (κ3) is 4.46. The summed E-state index contributed by atoms with van der Waals surface area (Å²) in [5, 5.41) is 10.7. The van der Waals surface area contributed by atoms with E-state index in [1.165, 1.54) is 30.6 Å². The van der Waals surface area contributed by atoms with E-state index in [4.69, 9.17) is 4.18 Å². The summed E-state index contributed by atoms with van der Waals surface area (Å²) in [4.78, 5) is 11.2. The third-order valence-corrected chi connectivity index (χ3v) is 5.00. The van der Waals surface area contributed by atoms with Crippen molar-refractivity contribution in [3.05, 3.63) is 34.4 Å². The molecular formula is C17H25NO3S. The number of benzene rings is 1. The first-order chi connectivity index (χ1) is 10.0. The molecule has 0 spiro atoms. The molecule has 0 amide bonds. The van der Waals surface area contributed by atoms with E-state index in [0.29, 0.717) is 0 Å². The number of rotatable bonds is 4. The second kappa shape index (κ2) is 5.85. The van der Waals surface area contributed by atoms with Crippen molar-refractivity contribution in [1.29, 1.82) is 0 Å². The van der Waals surface area contributed by atoms with Gasteiger partial charge in [0.15, 0.2) is 0 Å². The van der Waals surface area contributed by atoms with Crippen molar-refractivity contribution in [3.63, 3.8) is 0 Å². The molecule has 2 rings (SSSR count). The van der Waals surface area contributed by atoms with Crippen molar-refractivity contribution in [2.45, 2.75) is 64.4 Å². The van der Waals surface area contributed by atoms with Gasteiger partial charge in [0.05, 0.1) is 10.5 Å². The van der Waals surface area contributed by atoms with Crippen molar-refractivity contribution in [1.82, 2.24) is 0 Å². The van der Waals surface area contributed by atoms with Crippen LogP contribution in [-0.4, -0.2) is 10.5 Å². The van der Waals surface area contributed by atoms with E-state index < -0.39 is 0 Å². The molecule has 1 fully saturated rings. The summed E-state index contributed by atoms with van der Waals surface area (Å²) in [6.07, 6.45) is 3.23. The zero-order valence-electron chi connectivity index (χ0n) is 14.0. The number of hydrogen-bond donors (Lipinski definition) is 0. The highest BCUT2D eigenvalue weighted by Gasteiger charge is 2.46. The lowest BCUT2D eigenvalue weighted by molar-refractivity contribution is -0.384. The van der Waals surface area contributed by atoms with E-state index in [-0.39, 0.29) is 27.0 Å². The quantitative estimate of drug-likeness (QED) is 0.410. The van der Waals surface area contributed by atoms with Gasteiger partial charge in [-0.3, -0.25) is 10.1 Å². The lowest BCUT2D eigenvalue weighted by Crippen LogP contribution is -2.44. The minimum Gasteiger partial charge on any atom is -0.304 e. The molecule has 0 heterocycles. The SMILES string of the molecule is CC1(C)CC(C)(C)CC(C)(OSc2ccc([N+](=O)[O-])cc2)C1. The average molecular weight is 323 g/mol. The number of non-ortho nitro benzene ring substituents is 1. The van der Waals surface area contributed by atoms with Crippen LogP contribution in [0, 0.1) is 20.9 Å². The maximum atomic E-state index is 10.7. The molecule has 0 saturated heterocycles. The molecule has 0 aliphatic heterocycles. The Morgan fingerprint density at radius 3 is 1.95 bits per heavy atom. The monoisotopic (exact) mass is 323 g/mol. The highest BCUT2D eigenvalue weighted by Crippen LogP contribution is 2.52. The van der Waals surface area contributed by atoms with Crippen LogP contribution in [0.1, 0.15) is 53.9 Å². The van der Waals surface area contributed by atoms with Gasteiger partial charge >= 0.3 is 0 Å². The molecule has 0 unspecified atom stereocenters. The molecule has 0 N–H and O–H groups in total. The largest absolute Gasteiger partial charge is 0.304 e. The Labute approximate surface area is 137 Å². The Bertz CT molecular complexity index is 536. The molecular weight excluding hydrogens is 298 g/mol. The Balaban J connectivity index is 2.04. The fourth-order valence-electron chi connectivity index (χ4n) is 4.34. The summed E-state index contributed by atoms with van der Waals surface area (Å²) in [6.45, 7) is 11.4. The Kier molecular flexibility index (Phi) is 4.60. The first-order valence-corrected chi connectivity index (χ1v) is 8.35. The average Bonchev–Trinajstić information content (AvgIpc) is 2.32. The highest BCUT2D eigenvalue weighted by atomic mass is 32.2. The molecule has 1 aromatic carbocycles. The second-order valence-electron chi connectivity index (χ2n) is 8.23. The van der Waals surface area contributed by atoms with E-state index in [1.807, 2.05) is 0 Å². The molecule has 1 saturated carbocycles. The number of hydrogen-bond acceptors (Lipinski definition) is 4. The lowest BCUT2D eigenvalue weighted by atomic mass is 9.60. The summed E-state index contributed by atoms with van der Waals surface area (Å²) in [5.41, 5.74) is 0.437. The van der Waals surface area contributed by atoms with Crippen molar-refractivity contribution in [2.24, 2.45) is 10.8 Å². The van der Waals surface area contributed by atoms with Gasteiger partial charge in [-0.25, -0.2) is 0 Å². The van der Waals surface area contributed by atoms with Gasteiger partial charge in [0.1, 0.15) is 0 Å². The van der Waals surface area contributed by atoms with Crippen LogP contribution in [0.3, 0.4) is 0 Å². The van der Waals surface area contributed by atoms with Crippen molar-refractivity contribution >= 4 is 17.7 Å². The minimum absolute atomic E-state index is 0.107. The standard InChI is InChI=1S/C17H25NO3S/c1-15(2)10-16(3,4)12-17(5,11-15)21-22-14-8-6-13(7-9-14)18(19)20/h6-9H,10-12H2,1-5H3. The Morgan fingerprint density at radius 1 is 1.00 bits per heavy atom. The van der Waals surface area contributed by atoms with Gasteiger partial charge in [0, 0.05) is 29.1 Å². The summed E-state index contributed by atoms with van der Waals surface area (Å²) >= 11 is 1.33. The van der Waals surface area contributed by atoms with Crippen molar-refractivity contribution in [2.75, 3.05) is 0 Å². The van der Waals surface area contributed by atoms with Gasteiger partial charge in [-0.15, -0.1) is 0 Å². The molecule has 1 aromatic rings. The molecule has 4 nitrogen and oxygen atoms in total. The van der Waals surface area contributed by atoms with Gasteiger partial charge in [-0.2, -0.15) is 0 Å². The maximum absolute atomic E-state index is 10.7. The molecule has 122 valence electrons. The normalized spacial score (nSPS) is 22.2. The lowest BCUT2D eigenvalue weighted by Gasteiger charge is -2.49. The smallest absolute Gasteiger partial charge is 0.269 e. The first kappa shape index (κ1) is 17.3. The zero-order chi connectivity index (χ0) is 16.6. The molecule has 0 bridgehead atoms. The topological polar surface area (TPSA) is 52.4 Å². The predicted octanol–water partition coefficient (Wildman–Crippen LogP) is 5.61. The molecule has 5 heteroatoms. The highest BCUT2D eigenvalue weighted by molar-refractivity contribution is 7.94. The van der Waals surface area contributed by atoms with Crippen LogP contribution in [0.5, 0.6) is 0 Å². The van der Waals surface area contributed by atoms with Gasteiger partial charge in [-0.05, 0) is 49.1 Å². The predicted molar refractivity (Wildman–Crippen MR) is 89.9 cm³/mol. The number of nitro benzene ring substituents is 1. The summed E-state index contributed by atoms with van der Waals surface area (Å²) in [7, 11) is 0. The Morgan fingerprint density at radius 2 is 1.50 bits per heavy atom. The number of nitrogens with zero attached hydrogens (tertiary/aromatic N) is 1. The zero-order valence-corrected chi connectivity index (χ0v) is 14.8. The van der Waals surface area contributed by atoms with Gasteiger partial charge < -0.3 is 4.18 Å². The minimum atomic E-state index is -0.386. The fourth-order valence-corrected chi connectivity index (χ4v) is 5.00. The van der Waals surface area contributed by atoms with E-state index in [0.717, 1.165) is 17.7 Å². The third-order valence-electron chi connectivity index (χ3n) is 4.05. The van der Waals surface area contributed by atoms with Gasteiger partial charge in [0.25, 0.3) is 5.69 Å². The van der Waals surface area contributed by atoms with Crippen LogP contribution >= 0.6 is 12.0 Å². The van der Waals surface area contributed by atoms with Crippen LogP contribution in [0.4, 0.5) is 5.69 Å².